The number of benzene rings is 3. The maximum Gasteiger partial charge on any atom is 0.339 e. The lowest BCUT2D eigenvalue weighted by molar-refractivity contribution is 0.300. The van der Waals surface area contributed by atoms with E-state index in [0.29, 0.717) is 18.8 Å². The van der Waals surface area contributed by atoms with E-state index >= 15 is 0 Å². The Bertz CT molecular complexity index is 1570. The summed E-state index contributed by atoms with van der Waals surface area (Å²) in [7, 11) is 0.191. The molecule has 1 N–H and O–H groups in total. The van der Waals surface area contributed by atoms with Gasteiger partial charge in [-0.2, -0.15) is 13.4 Å². The highest BCUT2D eigenvalue weighted by Crippen LogP contribution is 2.34. The maximum atomic E-state index is 12.3. The molecule has 0 saturated heterocycles. The second-order valence-corrected chi connectivity index (χ2v) is 12.7. The Morgan fingerprint density at radius 3 is 2.26 bits per heavy atom. The zero-order valence-corrected chi connectivity index (χ0v) is 26.7. The number of rotatable bonds is 10. The standard InChI is InChI=1S/C18H26N4.C16H18O4S/c1-13-8-10-14(11-9-13)12-19-18-20-16-7-5-4-6-15(16)17(21-18)22(2)3;1-3-13-9-8-12-15(19-4-2)16(13)20-21(17,18)14-10-6-5-7-11-14/h4-7,13-14H,8-12H2,1-3H3,(H,19,20,21);5-12H,3-4H2,1-2H3. The summed E-state index contributed by atoms with van der Waals surface area (Å²) in [5, 5.41) is 4.57. The zero-order chi connectivity index (χ0) is 30.8. The fraction of sp³-hybridized carbons (Fsp3) is 0.412. The molecule has 1 aliphatic rings. The zero-order valence-electron chi connectivity index (χ0n) is 25.9. The molecule has 0 amide bonds. The van der Waals surface area contributed by atoms with Crippen molar-refractivity contribution >= 4 is 32.8 Å². The van der Waals surface area contributed by atoms with E-state index in [1.165, 1.54) is 37.8 Å². The SMILES string of the molecule is CC1CCC(CNc2nc(N(C)C)c3ccccc3n2)CC1.CCOc1cccc(CC)c1OS(=O)(=O)c1ccccc1. The summed E-state index contributed by atoms with van der Waals surface area (Å²) in [6.07, 6.45) is 6.01. The number of aryl methyl sites for hydroxylation is 1. The Morgan fingerprint density at radius 2 is 1.58 bits per heavy atom. The molecule has 0 bridgehead atoms. The van der Waals surface area contributed by atoms with E-state index in [9.17, 15) is 8.42 Å². The van der Waals surface area contributed by atoms with Gasteiger partial charge in [0.15, 0.2) is 11.5 Å². The summed E-state index contributed by atoms with van der Waals surface area (Å²) >= 11 is 0. The van der Waals surface area contributed by atoms with Crippen LogP contribution in [0.1, 0.15) is 52.0 Å². The van der Waals surface area contributed by atoms with E-state index in [1.54, 1.807) is 24.3 Å². The van der Waals surface area contributed by atoms with Crippen LogP contribution in [0.25, 0.3) is 10.9 Å². The lowest BCUT2D eigenvalue weighted by Crippen LogP contribution is -2.21. The highest BCUT2D eigenvalue weighted by molar-refractivity contribution is 7.87. The Kier molecular flexibility index (Phi) is 11.2. The van der Waals surface area contributed by atoms with Crippen molar-refractivity contribution in [3.8, 4) is 11.5 Å². The minimum atomic E-state index is -3.87. The Hall–Kier alpha value is -3.85. The largest absolute Gasteiger partial charge is 0.490 e. The van der Waals surface area contributed by atoms with Crippen molar-refractivity contribution in [2.75, 3.05) is 37.5 Å². The van der Waals surface area contributed by atoms with E-state index in [-0.39, 0.29) is 10.6 Å². The predicted octanol–water partition coefficient (Wildman–Crippen LogP) is 7.35. The molecule has 0 aliphatic heterocycles. The molecule has 8 nitrogen and oxygen atoms in total. The van der Waals surface area contributed by atoms with Gasteiger partial charge in [0.05, 0.1) is 12.1 Å². The van der Waals surface area contributed by atoms with Gasteiger partial charge in [0.25, 0.3) is 0 Å². The van der Waals surface area contributed by atoms with Crippen LogP contribution in [0.5, 0.6) is 11.5 Å². The fourth-order valence-electron chi connectivity index (χ4n) is 5.20. The molecule has 0 radical (unpaired) electrons. The number of nitrogens with zero attached hydrogens (tertiary/aromatic N) is 3. The summed E-state index contributed by atoms with van der Waals surface area (Å²) in [5.41, 5.74) is 1.79. The number of ether oxygens (including phenoxy) is 1. The van der Waals surface area contributed by atoms with Crippen molar-refractivity contribution in [1.29, 1.82) is 0 Å². The van der Waals surface area contributed by atoms with Gasteiger partial charge in [-0.1, -0.05) is 69.2 Å². The molecule has 43 heavy (non-hydrogen) atoms. The van der Waals surface area contributed by atoms with Crippen molar-refractivity contribution in [2.24, 2.45) is 11.8 Å². The van der Waals surface area contributed by atoms with Crippen LogP contribution < -0.4 is 19.1 Å². The third-order valence-corrected chi connectivity index (χ3v) is 8.89. The average molecular weight is 605 g/mol. The van der Waals surface area contributed by atoms with Crippen LogP contribution >= 0.6 is 0 Å². The molecule has 4 aromatic rings. The van der Waals surface area contributed by atoms with Gasteiger partial charge in [-0.25, -0.2) is 4.98 Å². The molecule has 1 aromatic heterocycles. The van der Waals surface area contributed by atoms with Crippen molar-refractivity contribution < 1.29 is 17.3 Å². The number of aromatic nitrogens is 2. The van der Waals surface area contributed by atoms with Crippen LogP contribution in [-0.4, -0.2) is 45.6 Å². The van der Waals surface area contributed by atoms with Crippen LogP contribution in [-0.2, 0) is 16.5 Å². The lowest BCUT2D eigenvalue weighted by atomic mass is 9.83. The van der Waals surface area contributed by atoms with Gasteiger partial charge >= 0.3 is 10.1 Å². The lowest BCUT2D eigenvalue weighted by Gasteiger charge is -2.26. The average Bonchev–Trinajstić information content (AvgIpc) is 3.02. The first kappa shape index (κ1) is 32.1. The van der Waals surface area contributed by atoms with Crippen molar-refractivity contribution in [1.82, 2.24) is 9.97 Å². The second kappa shape index (κ2) is 15.0. The van der Waals surface area contributed by atoms with Gasteiger partial charge < -0.3 is 19.1 Å². The van der Waals surface area contributed by atoms with Gasteiger partial charge in [-0.3, -0.25) is 0 Å². The normalized spacial score (nSPS) is 16.6. The summed E-state index contributed by atoms with van der Waals surface area (Å²) in [6, 6.07) is 21.6. The molecule has 9 heteroatoms. The monoisotopic (exact) mass is 604 g/mol. The number of nitrogens with one attached hydrogen (secondary N) is 1. The fourth-order valence-corrected chi connectivity index (χ4v) is 6.19. The van der Waals surface area contributed by atoms with E-state index in [2.05, 4.69) is 34.3 Å². The molecule has 1 aliphatic carbocycles. The van der Waals surface area contributed by atoms with Gasteiger partial charge in [-0.05, 0) is 73.9 Å². The van der Waals surface area contributed by atoms with Crippen LogP contribution in [0.4, 0.5) is 11.8 Å². The third-order valence-electron chi connectivity index (χ3n) is 7.66. The van der Waals surface area contributed by atoms with Crippen LogP contribution in [0.15, 0.2) is 77.7 Å². The molecular weight excluding hydrogens is 560 g/mol. The quantitative estimate of drug-likeness (QED) is 0.188. The predicted molar refractivity (Wildman–Crippen MR) is 175 cm³/mol. The molecule has 3 aromatic carbocycles. The number of para-hydroxylation sites is 2. The second-order valence-electron chi connectivity index (χ2n) is 11.2. The van der Waals surface area contributed by atoms with Crippen LogP contribution in [0.2, 0.25) is 0 Å². The first-order valence-electron chi connectivity index (χ1n) is 15.1. The van der Waals surface area contributed by atoms with Gasteiger partial charge in [0.1, 0.15) is 10.7 Å². The van der Waals surface area contributed by atoms with Gasteiger partial charge in [0, 0.05) is 26.0 Å². The van der Waals surface area contributed by atoms with Gasteiger partial charge in [0.2, 0.25) is 5.95 Å². The molecule has 1 fully saturated rings. The first-order valence-corrected chi connectivity index (χ1v) is 16.5. The number of hydrogen-bond acceptors (Lipinski definition) is 8. The smallest absolute Gasteiger partial charge is 0.339 e. The Balaban J connectivity index is 0.000000197. The molecule has 1 heterocycles. The molecule has 0 atom stereocenters. The molecule has 230 valence electrons. The van der Waals surface area contributed by atoms with E-state index in [4.69, 9.17) is 13.9 Å². The van der Waals surface area contributed by atoms with Crippen molar-refractivity contribution in [2.45, 2.75) is 57.8 Å². The molecule has 0 spiro atoms. The van der Waals surface area contributed by atoms with Crippen LogP contribution in [0, 0.1) is 11.8 Å². The van der Waals surface area contributed by atoms with Crippen LogP contribution in [0.3, 0.4) is 0 Å². The molecule has 5 rings (SSSR count). The molecule has 1 saturated carbocycles. The molecular formula is C34H44N4O4S. The van der Waals surface area contributed by atoms with Crippen molar-refractivity contribution in [3.05, 3.63) is 78.4 Å². The van der Waals surface area contributed by atoms with E-state index in [0.717, 1.165) is 46.6 Å². The minimum Gasteiger partial charge on any atom is -0.490 e. The van der Waals surface area contributed by atoms with Gasteiger partial charge in [-0.15, -0.1) is 0 Å². The Morgan fingerprint density at radius 1 is 0.884 bits per heavy atom. The first-order chi connectivity index (χ1) is 20.7. The topological polar surface area (TPSA) is 93.7 Å². The van der Waals surface area contributed by atoms with Crippen molar-refractivity contribution in [3.63, 3.8) is 0 Å². The van der Waals surface area contributed by atoms with E-state index in [1.807, 2.05) is 52.2 Å². The maximum absolute atomic E-state index is 12.3. The summed E-state index contributed by atoms with van der Waals surface area (Å²) in [5.74, 6) is 4.09. The third kappa shape index (κ3) is 8.60. The summed E-state index contributed by atoms with van der Waals surface area (Å²) < 4.78 is 35.5. The number of hydrogen-bond donors (Lipinski definition) is 1. The number of anilines is 2. The van der Waals surface area contributed by atoms with E-state index < -0.39 is 10.1 Å². The minimum absolute atomic E-state index is 0.123. The molecule has 0 unspecified atom stereocenters. The highest BCUT2D eigenvalue weighted by atomic mass is 32.2. The summed E-state index contributed by atoms with van der Waals surface area (Å²) in [6.45, 7) is 7.56. The highest BCUT2D eigenvalue weighted by Gasteiger charge is 2.21. The Labute approximate surface area is 256 Å². The summed E-state index contributed by atoms with van der Waals surface area (Å²) in [4.78, 5) is 11.5. The number of fused-ring (bicyclic) bond motifs is 1.